The monoisotopic (exact) mass is 440 g/mol. The summed E-state index contributed by atoms with van der Waals surface area (Å²) in [7, 11) is 4.79. The van der Waals surface area contributed by atoms with Gasteiger partial charge in [0.15, 0.2) is 0 Å². The van der Waals surface area contributed by atoms with Crippen LogP contribution in [0.25, 0.3) is 0 Å². The van der Waals surface area contributed by atoms with E-state index in [-0.39, 0.29) is 6.03 Å². The van der Waals surface area contributed by atoms with Crippen LogP contribution in [0.2, 0.25) is 12.1 Å². The van der Waals surface area contributed by atoms with Crippen LogP contribution in [0.3, 0.4) is 0 Å². The summed E-state index contributed by atoms with van der Waals surface area (Å²) < 4.78 is 32.3. The molecule has 11 heteroatoms. The van der Waals surface area contributed by atoms with Crippen molar-refractivity contribution in [2.45, 2.75) is 50.6 Å². The maximum Gasteiger partial charge on any atom is 0.500 e. The minimum Gasteiger partial charge on any atom is -0.377 e. The number of hydrogen-bond donors (Lipinski definition) is 2. The molecule has 0 heterocycles. The van der Waals surface area contributed by atoms with E-state index in [1.165, 1.54) is 0 Å². The number of rotatable bonds is 18. The molecule has 168 valence electrons. The molecule has 9 nitrogen and oxygen atoms in total. The first-order chi connectivity index (χ1) is 13.5. The van der Waals surface area contributed by atoms with E-state index in [9.17, 15) is 4.79 Å². The lowest BCUT2D eigenvalue weighted by atomic mass is 10.2. The number of carbonyl (C=O) groups is 1. The van der Waals surface area contributed by atoms with Crippen molar-refractivity contribution in [2.75, 3.05) is 55.7 Å². The van der Waals surface area contributed by atoms with Gasteiger partial charge in [0.05, 0.1) is 0 Å². The molecule has 0 atom stereocenters. The fraction of sp³-hybridized carbons (Fsp3) is 0.941. The highest BCUT2D eigenvalue weighted by Gasteiger charge is 2.37. The largest absolute Gasteiger partial charge is 0.500 e. The molecule has 0 aromatic heterocycles. The van der Waals surface area contributed by atoms with Crippen molar-refractivity contribution in [3.63, 3.8) is 0 Å². The molecule has 0 fully saturated rings. The van der Waals surface area contributed by atoms with Crippen LogP contribution in [0.15, 0.2) is 0 Å². The van der Waals surface area contributed by atoms with Crippen molar-refractivity contribution >= 4 is 23.6 Å². The van der Waals surface area contributed by atoms with E-state index in [0.29, 0.717) is 13.1 Å². The van der Waals surface area contributed by atoms with Crippen molar-refractivity contribution in [3.8, 4) is 0 Å². The quantitative estimate of drug-likeness (QED) is 0.249. The molecule has 0 unspecified atom stereocenters. The zero-order chi connectivity index (χ0) is 21.3. The van der Waals surface area contributed by atoms with Crippen molar-refractivity contribution in [2.24, 2.45) is 0 Å². The van der Waals surface area contributed by atoms with Gasteiger partial charge in [-0.15, -0.1) is 0 Å². The van der Waals surface area contributed by atoms with E-state index in [4.69, 9.17) is 26.6 Å². The first kappa shape index (κ1) is 27.5. The Morgan fingerprint density at radius 3 is 1.18 bits per heavy atom. The summed E-state index contributed by atoms with van der Waals surface area (Å²) in [6.45, 7) is 1.30. The smallest absolute Gasteiger partial charge is 0.377 e. The van der Waals surface area contributed by atoms with Crippen LogP contribution in [0.1, 0.15) is 38.5 Å². The Kier molecular flexibility index (Phi) is 16.0. The van der Waals surface area contributed by atoms with Gasteiger partial charge in [-0.2, -0.15) is 0 Å². The second-order valence-corrected chi connectivity index (χ2v) is 12.6. The molecule has 28 heavy (non-hydrogen) atoms. The molecule has 0 spiro atoms. The van der Waals surface area contributed by atoms with E-state index in [0.717, 1.165) is 50.6 Å². The molecule has 0 saturated heterocycles. The third-order valence-electron chi connectivity index (χ3n) is 4.76. The maximum atomic E-state index is 11.8. The Balaban J connectivity index is 3.66. The van der Waals surface area contributed by atoms with Crippen LogP contribution in [0, 0.1) is 0 Å². The number of nitrogens with one attached hydrogen (secondary N) is 2. The fourth-order valence-electron chi connectivity index (χ4n) is 2.87. The first-order valence-corrected chi connectivity index (χ1v) is 13.7. The van der Waals surface area contributed by atoms with E-state index in [1.807, 2.05) is 0 Å². The van der Waals surface area contributed by atoms with Gasteiger partial charge in [0.25, 0.3) is 0 Å². The van der Waals surface area contributed by atoms with E-state index in [2.05, 4.69) is 10.6 Å². The fourth-order valence-corrected chi connectivity index (χ4v) is 6.46. The molecule has 0 aliphatic rings. The molecule has 0 radical (unpaired) electrons. The standard InChI is InChI=1S/C17H40N2O7Si2/c1-21-27(22-2,23-3)15-11-7-9-13-18-17(20)19-14-10-8-12-16-28(24-4,25-5)26-6/h7-16H2,1-6H3,(H2,18,19,20). The number of unbranched alkanes of at least 4 members (excludes halogenated alkanes) is 4. The molecule has 2 N–H and O–H groups in total. The van der Waals surface area contributed by atoms with Crippen LogP contribution in [0.4, 0.5) is 4.79 Å². The van der Waals surface area contributed by atoms with Gasteiger partial charge in [-0.25, -0.2) is 4.79 Å². The predicted molar refractivity (Wildman–Crippen MR) is 112 cm³/mol. The topological polar surface area (TPSA) is 96.5 Å². The van der Waals surface area contributed by atoms with Gasteiger partial charge in [-0.3, -0.25) is 0 Å². The minimum atomic E-state index is -2.47. The van der Waals surface area contributed by atoms with Crippen molar-refractivity contribution < 1.29 is 31.4 Å². The van der Waals surface area contributed by atoms with Gasteiger partial charge in [-0.05, 0) is 25.7 Å². The average molecular weight is 441 g/mol. The molecule has 0 aromatic rings. The van der Waals surface area contributed by atoms with Crippen molar-refractivity contribution in [1.82, 2.24) is 10.6 Å². The molecule has 0 aromatic carbocycles. The van der Waals surface area contributed by atoms with Crippen LogP contribution >= 0.6 is 0 Å². The first-order valence-electron chi connectivity index (χ1n) is 9.79. The van der Waals surface area contributed by atoms with Gasteiger partial charge in [0, 0.05) is 67.8 Å². The molecule has 0 rings (SSSR count). The van der Waals surface area contributed by atoms with Crippen molar-refractivity contribution in [1.29, 1.82) is 0 Å². The Morgan fingerprint density at radius 1 is 0.571 bits per heavy atom. The van der Waals surface area contributed by atoms with E-state index < -0.39 is 17.6 Å². The second kappa shape index (κ2) is 16.3. The molecule has 0 aliphatic carbocycles. The van der Waals surface area contributed by atoms with Crippen molar-refractivity contribution in [3.05, 3.63) is 0 Å². The summed E-state index contributed by atoms with van der Waals surface area (Å²) in [6, 6.07) is 1.44. The molecule has 0 saturated carbocycles. The van der Waals surface area contributed by atoms with Gasteiger partial charge >= 0.3 is 23.6 Å². The molecule has 2 amide bonds. The zero-order valence-electron chi connectivity index (χ0n) is 18.4. The van der Waals surface area contributed by atoms with Gasteiger partial charge in [0.2, 0.25) is 0 Å². The highest BCUT2D eigenvalue weighted by atomic mass is 28.4. The Bertz CT molecular complexity index is 347. The SMILES string of the molecule is CO[Si](CCCCCNC(=O)NCCCCC[Si](OC)(OC)OC)(OC)OC. The third kappa shape index (κ3) is 10.9. The Morgan fingerprint density at radius 2 is 0.893 bits per heavy atom. The van der Waals surface area contributed by atoms with Crippen LogP contribution < -0.4 is 10.6 Å². The van der Waals surface area contributed by atoms with Gasteiger partial charge in [0.1, 0.15) is 0 Å². The number of carbonyl (C=O) groups excluding carboxylic acids is 1. The average Bonchev–Trinajstić information content (AvgIpc) is 2.74. The lowest BCUT2D eigenvalue weighted by Gasteiger charge is -2.24. The van der Waals surface area contributed by atoms with Gasteiger partial charge < -0.3 is 37.2 Å². The molecular formula is C17H40N2O7Si2. The number of hydrogen-bond acceptors (Lipinski definition) is 7. The third-order valence-corrected chi connectivity index (χ3v) is 10.4. The number of urea groups is 1. The zero-order valence-corrected chi connectivity index (χ0v) is 20.4. The van der Waals surface area contributed by atoms with E-state index >= 15 is 0 Å². The summed E-state index contributed by atoms with van der Waals surface area (Å²) in [5.74, 6) is 0. The predicted octanol–water partition coefficient (Wildman–Crippen LogP) is 2.38. The van der Waals surface area contributed by atoms with E-state index in [1.54, 1.807) is 42.7 Å². The highest BCUT2D eigenvalue weighted by Crippen LogP contribution is 2.17. The summed E-state index contributed by atoms with van der Waals surface area (Å²) in [4.78, 5) is 11.8. The Labute approximate surface area is 172 Å². The molecule has 0 aliphatic heterocycles. The maximum absolute atomic E-state index is 11.8. The summed E-state index contributed by atoms with van der Waals surface area (Å²) in [5, 5.41) is 5.76. The molecular weight excluding hydrogens is 400 g/mol. The second-order valence-electron chi connectivity index (χ2n) is 6.39. The van der Waals surface area contributed by atoms with Crippen LogP contribution in [-0.4, -0.2) is 79.4 Å². The summed E-state index contributed by atoms with van der Waals surface area (Å²) >= 11 is 0. The van der Waals surface area contributed by atoms with Gasteiger partial charge in [-0.1, -0.05) is 12.8 Å². The Hall–Kier alpha value is -0.536. The lowest BCUT2D eigenvalue weighted by Crippen LogP contribution is -2.42. The summed E-state index contributed by atoms with van der Waals surface area (Å²) in [6.07, 6.45) is 5.67. The highest BCUT2D eigenvalue weighted by molar-refractivity contribution is 6.60. The normalized spacial score (nSPS) is 12.2. The lowest BCUT2D eigenvalue weighted by molar-refractivity contribution is 0.122. The van der Waals surface area contributed by atoms with Crippen LogP contribution in [0.5, 0.6) is 0 Å². The molecule has 0 bridgehead atoms. The minimum absolute atomic E-state index is 0.121. The number of amides is 2. The van der Waals surface area contributed by atoms with Crippen LogP contribution in [-0.2, 0) is 26.6 Å². The summed E-state index contributed by atoms with van der Waals surface area (Å²) in [5.41, 5.74) is 0.